The van der Waals surface area contributed by atoms with Crippen LogP contribution in [-0.4, -0.2) is 35.7 Å². The number of phosphoric ester groups is 1. The van der Waals surface area contributed by atoms with Crippen LogP contribution in [0.2, 0.25) is 0 Å². The maximum Gasteiger partial charge on any atom is 0.470 e. The molecule has 0 spiro atoms. The smallest absolute Gasteiger partial charge is 0.379 e. The zero-order chi connectivity index (χ0) is 24.0. The molecule has 1 rings (SSSR count). The summed E-state index contributed by atoms with van der Waals surface area (Å²) in [7, 11) is -4.59. The summed E-state index contributed by atoms with van der Waals surface area (Å²) in [5.74, 6) is 0. The molecule has 33 heavy (non-hydrogen) atoms. The van der Waals surface area contributed by atoms with Crippen LogP contribution in [-0.2, 0) is 25.2 Å². The maximum atomic E-state index is 11.2. The van der Waals surface area contributed by atoms with Crippen molar-refractivity contribution in [3.8, 4) is 0 Å². The molecule has 192 valence electrons. The minimum atomic E-state index is -4.59. The molecule has 1 aromatic rings. The molecule has 0 amide bonds. The lowest BCUT2D eigenvalue weighted by atomic mass is 10.0. The number of phosphoric acid groups is 1. The highest BCUT2D eigenvalue weighted by Gasteiger charge is 2.22. The number of ether oxygens (including phenoxy) is 2. The van der Waals surface area contributed by atoms with Gasteiger partial charge in [-0.25, -0.2) is 4.57 Å². The minimum absolute atomic E-state index is 0.0682. The molecule has 7 heteroatoms. The van der Waals surface area contributed by atoms with Crippen LogP contribution in [0.3, 0.4) is 0 Å². The lowest BCUT2D eigenvalue weighted by molar-refractivity contribution is -0.0231. The van der Waals surface area contributed by atoms with Crippen molar-refractivity contribution >= 4 is 7.82 Å². The Kier molecular flexibility index (Phi) is 18.9. The Morgan fingerprint density at radius 1 is 0.727 bits per heavy atom. The molecule has 0 aromatic heterocycles. The monoisotopic (exact) mass is 486 g/mol. The van der Waals surface area contributed by atoms with Crippen molar-refractivity contribution in [3.63, 3.8) is 0 Å². The van der Waals surface area contributed by atoms with Crippen LogP contribution in [0.15, 0.2) is 30.3 Å². The van der Waals surface area contributed by atoms with Gasteiger partial charge in [0.25, 0.3) is 0 Å². The molecule has 0 saturated carbocycles. The summed E-state index contributed by atoms with van der Waals surface area (Å²) in [4.78, 5) is 18.2. The summed E-state index contributed by atoms with van der Waals surface area (Å²) >= 11 is 0. The molecular formula is C26H47O6P. The van der Waals surface area contributed by atoms with Crippen LogP contribution < -0.4 is 0 Å². The zero-order valence-corrected chi connectivity index (χ0v) is 21.6. The Bertz CT molecular complexity index is 592. The number of rotatable bonds is 23. The highest BCUT2D eigenvalue weighted by atomic mass is 31.2. The first-order valence-electron chi connectivity index (χ1n) is 12.9. The predicted octanol–water partition coefficient (Wildman–Crippen LogP) is 7.18. The van der Waals surface area contributed by atoms with Gasteiger partial charge in [-0.15, -0.1) is 0 Å². The van der Waals surface area contributed by atoms with Crippen LogP contribution >= 0.6 is 7.82 Å². The van der Waals surface area contributed by atoms with Crippen molar-refractivity contribution < 1.29 is 28.3 Å². The topological polar surface area (TPSA) is 85.2 Å². The van der Waals surface area contributed by atoms with Gasteiger partial charge in [0, 0.05) is 6.61 Å². The van der Waals surface area contributed by atoms with E-state index in [0.29, 0.717) is 13.2 Å². The van der Waals surface area contributed by atoms with Gasteiger partial charge >= 0.3 is 7.82 Å². The molecule has 1 atom stereocenters. The van der Waals surface area contributed by atoms with Crippen LogP contribution in [0.1, 0.15) is 102 Å². The lowest BCUT2D eigenvalue weighted by Gasteiger charge is -2.18. The van der Waals surface area contributed by atoms with E-state index in [-0.39, 0.29) is 13.2 Å². The van der Waals surface area contributed by atoms with Crippen molar-refractivity contribution in [2.75, 3.05) is 19.8 Å². The molecule has 2 N–H and O–H groups in total. The quantitative estimate of drug-likeness (QED) is 0.126. The second-order valence-corrected chi connectivity index (χ2v) is 10.1. The van der Waals surface area contributed by atoms with E-state index in [1.54, 1.807) is 0 Å². The molecule has 0 heterocycles. The number of hydrogen-bond donors (Lipinski definition) is 2. The van der Waals surface area contributed by atoms with E-state index in [1.807, 2.05) is 30.3 Å². The fraction of sp³-hybridized carbons (Fsp3) is 0.769. The van der Waals surface area contributed by atoms with Gasteiger partial charge in [-0.05, 0) is 12.0 Å². The van der Waals surface area contributed by atoms with E-state index < -0.39 is 13.9 Å². The third kappa shape index (κ3) is 20.3. The van der Waals surface area contributed by atoms with Gasteiger partial charge in [0.15, 0.2) is 0 Å². The van der Waals surface area contributed by atoms with Gasteiger partial charge < -0.3 is 19.3 Å². The van der Waals surface area contributed by atoms with Crippen molar-refractivity contribution in [1.29, 1.82) is 0 Å². The molecule has 1 aromatic carbocycles. The maximum absolute atomic E-state index is 11.2. The van der Waals surface area contributed by atoms with Gasteiger partial charge in [0.05, 0.1) is 19.8 Å². The van der Waals surface area contributed by atoms with Gasteiger partial charge in [-0.3, -0.25) is 4.52 Å². The van der Waals surface area contributed by atoms with Crippen molar-refractivity contribution in [1.82, 2.24) is 0 Å². The molecule has 0 radical (unpaired) electrons. The van der Waals surface area contributed by atoms with E-state index in [1.165, 1.54) is 77.0 Å². The Morgan fingerprint density at radius 2 is 1.21 bits per heavy atom. The summed E-state index contributed by atoms with van der Waals surface area (Å²) in [5.41, 5.74) is 0.996. The molecule has 0 aliphatic carbocycles. The van der Waals surface area contributed by atoms with Gasteiger partial charge in [-0.2, -0.15) is 0 Å². The Morgan fingerprint density at radius 3 is 1.73 bits per heavy atom. The molecule has 0 bridgehead atoms. The van der Waals surface area contributed by atoms with Crippen molar-refractivity contribution in [3.05, 3.63) is 35.9 Å². The normalized spacial score (nSPS) is 12.8. The standard InChI is InChI=1S/C26H47O6P/c1-2-3-4-5-6-7-8-9-10-11-12-13-14-18-21-30-23-26(32-33(27,28)29)24-31-22-25-19-16-15-17-20-25/h15-17,19-20,26H,2-14,18,21-24H2,1H3,(H2,27,28,29)/t26-/m1/s1. The van der Waals surface area contributed by atoms with Crippen LogP contribution in [0, 0.1) is 0 Å². The lowest BCUT2D eigenvalue weighted by Crippen LogP contribution is -2.25. The van der Waals surface area contributed by atoms with Crippen LogP contribution in [0.4, 0.5) is 0 Å². The molecule has 0 fully saturated rings. The highest BCUT2D eigenvalue weighted by Crippen LogP contribution is 2.37. The van der Waals surface area contributed by atoms with E-state index in [9.17, 15) is 4.57 Å². The molecule has 0 unspecified atom stereocenters. The number of benzene rings is 1. The Balaban J connectivity index is 1.98. The molecular weight excluding hydrogens is 439 g/mol. The fourth-order valence-corrected chi connectivity index (χ4v) is 4.31. The summed E-state index contributed by atoms with van der Waals surface area (Å²) in [5, 5.41) is 0. The van der Waals surface area contributed by atoms with Gasteiger partial charge in [0.2, 0.25) is 0 Å². The molecule has 0 aliphatic rings. The summed E-state index contributed by atoms with van der Waals surface area (Å²) in [6, 6.07) is 9.63. The third-order valence-corrected chi connectivity index (χ3v) is 6.22. The largest absolute Gasteiger partial charge is 0.470 e. The van der Waals surface area contributed by atoms with E-state index in [2.05, 4.69) is 6.92 Å². The van der Waals surface area contributed by atoms with E-state index in [4.69, 9.17) is 23.8 Å². The van der Waals surface area contributed by atoms with Crippen molar-refractivity contribution in [2.24, 2.45) is 0 Å². The van der Waals surface area contributed by atoms with Crippen molar-refractivity contribution in [2.45, 2.75) is 110 Å². The first-order chi connectivity index (χ1) is 16.0. The number of unbranched alkanes of at least 4 members (excludes halogenated alkanes) is 13. The second kappa shape index (κ2) is 20.6. The van der Waals surface area contributed by atoms with Gasteiger partial charge in [-0.1, -0.05) is 121 Å². The fourth-order valence-electron chi connectivity index (χ4n) is 3.80. The second-order valence-electron chi connectivity index (χ2n) is 8.89. The van der Waals surface area contributed by atoms with E-state index in [0.717, 1.165) is 18.4 Å². The summed E-state index contributed by atoms with van der Waals surface area (Å²) < 4.78 is 27.2. The SMILES string of the molecule is CCCCCCCCCCCCCCCCOC[C@H](COCc1ccccc1)OP(=O)(O)O. The Hall–Kier alpha value is -0.750. The van der Waals surface area contributed by atoms with Crippen LogP contribution in [0.5, 0.6) is 0 Å². The minimum Gasteiger partial charge on any atom is -0.379 e. The number of hydrogen-bond acceptors (Lipinski definition) is 4. The molecule has 0 aliphatic heterocycles. The average Bonchev–Trinajstić information content (AvgIpc) is 2.78. The summed E-state index contributed by atoms with van der Waals surface area (Å²) in [6.07, 6.45) is 17.5. The van der Waals surface area contributed by atoms with E-state index >= 15 is 0 Å². The van der Waals surface area contributed by atoms with Crippen LogP contribution in [0.25, 0.3) is 0 Å². The first-order valence-corrected chi connectivity index (χ1v) is 14.5. The zero-order valence-electron chi connectivity index (χ0n) is 20.7. The third-order valence-electron chi connectivity index (χ3n) is 5.65. The average molecular weight is 487 g/mol. The first kappa shape index (κ1) is 30.3. The van der Waals surface area contributed by atoms with Gasteiger partial charge in [0.1, 0.15) is 6.10 Å². The highest BCUT2D eigenvalue weighted by molar-refractivity contribution is 7.46. The molecule has 0 saturated heterocycles. The molecule has 6 nitrogen and oxygen atoms in total. The summed E-state index contributed by atoms with van der Waals surface area (Å²) in [6.45, 7) is 3.37. The Labute approximate surface area is 201 Å². The predicted molar refractivity (Wildman–Crippen MR) is 134 cm³/mol.